The van der Waals surface area contributed by atoms with E-state index in [-0.39, 0.29) is 20.1 Å². The Morgan fingerprint density at radius 1 is 0.681 bits per heavy atom. The third-order valence-electron chi connectivity index (χ3n) is 8.70. The van der Waals surface area contributed by atoms with Gasteiger partial charge in [0, 0.05) is 26.3 Å². The number of fused-ring (bicyclic) bond motifs is 3. The fourth-order valence-corrected chi connectivity index (χ4v) is 7.65. The molecule has 3 aromatic heterocycles. The van der Waals surface area contributed by atoms with Crippen molar-refractivity contribution < 1.29 is 24.5 Å². The predicted octanol–water partition coefficient (Wildman–Crippen LogP) is 11.0. The van der Waals surface area contributed by atoms with Gasteiger partial charge in [0.1, 0.15) is 5.58 Å². The van der Waals surface area contributed by atoms with E-state index in [0.717, 1.165) is 44.5 Å². The SMILES string of the molecule is CC(C)C(C)c1ccnc(-c2[c-]c3oc4ccc(-c5ccccc5)cc4c3cc2)c1.[CH3][Ge]([CH3])([CH3])[c]1ccc(-c2[c-]cccc2)nc1.[Ir]. The van der Waals surface area contributed by atoms with Crippen molar-refractivity contribution in [1.82, 2.24) is 9.97 Å². The van der Waals surface area contributed by atoms with E-state index in [0.29, 0.717) is 11.8 Å². The first kappa shape index (κ1) is 34.5. The number of benzene rings is 4. The molecule has 0 aliphatic heterocycles. The van der Waals surface area contributed by atoms with E-state index >= 15 is 0 Å². The molecule has 3 nitrogen and oxygen atoms in total. The second-order valence-electron chi connectivity index (χ2n) is 13.3. The molecule has 0 amide bonds. The molecule has 0 saturated carbocycles. The minimum absolute atomic E-state index is 0. The zero-order chi connectivity index (χ0) is 32.3. The van der Waals surface area contributed by atoms with E-state index in [9.17, 15) is 0 Å². The van der Waals surface area contributed by atoms with Gasteiger partial charge < -0.3 is 9.40 Å². The molecule has 0 saturated heterocycles. The number of hydrogen-bond acceptors (Lipinski definition) is 3. The largest absolute Gasteiger partial charge is 0 e. The molecule has 239 valence electrons. The zero-order valence-electron chi connectivity index (χ0n) is 27.8. The van der Waals surface area contributed by atoms with Crippen LogP contribution in [-0.4, -0.2) is 23.2 Å². The van der Waals surface area contributed by atoms with Crippen LogP contribution in [0.3, 0.4) is 0 Å². The molecule has 47 heavy (non-hydrogen) atoms. The molecule has 7 aromatic rings. The zero-order valence-corrected chi connectivity index (χ0v) is 32.3. The molecule has 0 spiro atoms. The number of rotatable bonds is 6. The Balaban J connectivity index is 0.000000217. The summed E-state index contributed by atoms with van der Waals surface area (Å²) < 4.78 is 7.58. The van der Waals surface area contributed by atoms with Gasteiger partial charge in [-0.3, -0.25) is 0 Å². The van der Waals surface area contributed by atoms with Gasteiger partial charge >= 0.3 is 99.8 Å². The molecule has 5 heteroatoms. The molecule has 0 fully saturated rings. The van der Waals surface area contributed by atoms with E-state index in [1.165, 1.54) is 21.1 Å². The quantitative estimate of drug-likeness (QED) is 0.124. The number of nitrogens with zero attached hydrogens (tertiary/aromatic N) is 2. The van der Waals surface area contributed by atoms with Crippen molar-refractivity contribution in [2.24, 2.45) is 5.92 Å². The molecular weight excluding hydrogens is 813 g/mol. The van der Waals surface area contributed by atoms with Crippen molar-refractivity contribution in [3.05, 3.63) is 139 Å². The van der Waals surface area contributed by atoms with Crippen LogP contribution in [0, 0.1) is 18.1 Å². The fraction of sp³-hybridized carbons (Fsp3) is 0.190. The molecule has 1 unspecified atom stereocenters. The Morgan fingerprint density at radius 2 is 1.47 bits per heavy atom. The Morgan fingerprint density at radius 3 is 2.15 bits per heavy atom. The standard InChI is InChI=1S/C28H24NO.C14H16GeN.Ir/c1-18(2)19(3)21-13-14-29-26(16-21)23-9-11-24-25-15-22(20-7-5-4-6-8-20)10-12-27(25)30-28(24)17-23;1-15(2,3)13-9-10-14(16-11-13)12-7-5-4-6-8-12;/h4-16,18-19H,1-3H3;4-7,9-11H,1-3H3;/q2*-1;. The van der Waals surface area contributed by atoms with Gasteiger partial charge in [-0.2, -0.15) is 0 Å². The topological polar surface area (TPSA) is 38.9 Å². The summed E-state index contributed by atoms with van der Waals surface area (Å²) in [6, 6.07) is 44.2. The van der Waals surface area contributed by atoms with Crippen LogP contribution in [0.4, 0.5) is 0 Å². The first-order valence-corrected chi connectivity index (χ1v) is 23.4. The van der Waals surface area contributed by atoms with Gasteiger partial charge in [-0.15, -0.1) is 17.7 Å². The summed E-state index contributed by atoms with van der Waals surface area (Å²) in [6.45, 7) is 6.77. The Kier molecular flexibility index (Phi) is 11.0. The summed E-state index contributed by atoms with van der Waals surface area (Å²) in [5.41, 5.74) is 9.33. The summed E-state index contributed by atoms with van der Waals surface area (Å²) in [5, 5.41) is 2.20. The summed E-state index contributed by atoms with van der Waals surface area (Å²) in [6.07, 6.45) is 3.93. The van der Waals surface area contributed by atoms with Gasteiger partial charge in [0.15, 0.2) is 0 Å². The molecule has 0 aliphatic carbocycles. The van der Waals surface area contributed by atoms with Gasteiger partial charge in [-0.05, 0) is 46.2 Å². The molecule has 3 heterocycles. The summed E-state index contributed by atoms with van der Waals surface area (Å²) in [5.74, 6) is 8.21. The van der Waals surface area contributed by atoms with E-state index in [2.05, 4.69) is 133 Å². The number of hydrogen-bond donors (Lipinski definition) is 0. The van der Waals surface area contributed by atoms with Crippen molar-refractivity contribution in [3.63, 3.8) is 0 Å². The van der Waals surface area contributed by atoms with E-state index in [1.807, 2.05) is 48.8 Å². The van der Waals surface area contributed by atoms with Gasteiger partial charge in [-0.1, -0.05) is 86.3 Å². The molecule has 0 aliphatic rings. The predicted molar refractivity (Wildman–Crippen MR) is 196 cm³/mol. The van der Waals surface area contributed by atoms with E-state index < -0.39 is 13.3 Å². The van der Waals surface area contributed by atoms with Crippen molar-refractivity contribution in [1.29, 1.82) is 0 Å². The van der Waals surface area contributed by atoms with Crippen molar-refractivity contribution in [2.75, 3.05) is 0 Å². The van der Waals surface area contributed by atoms with Crippen molar-refractivity contribution >= 4 is 39.6 Å². The second-order valence-corrected chi connectivity index (χ2v) is 23.9. The average molecular weight is 854 g/mol. The van der Waals surface area contributed by atoms with Crippen molar-refractivity contribution in [2.45, 2.75) is 44.0 Å². The average Bonchev–Trinajstić information content (AvgIpc) is 3.46. The fourth-order valence-electron chi connectivity index (χ4n) is 5.48. The second kappa shape index (κ2) is 14.9. The molecular formula is C42H40GeIrN2O-2. The molecule has 0 bridgehead atoms. The monoisotopic (exact) mass is 855 g/mol. The van der Waals surface area contributed by atoms with E-state index in [1.54, 1.807) is 0 Å². The molecule has 7 rings (SSSR count). The maximum absolute atomic E-state index is 6.14. The van der Waals surface area contributed by atoms with Crippen LogP contribution in [0.5, 0.6) is 0 Å². The maximum Gasteiger partial charge on any atom is 0 e. The molecule has 4 aromatic carbocycles. The first-order valence-electron chi connectivity index (χ1n) is 16.0. The Hall–Kier alpha value is -3.83. The van der Waals surface area contributed by atoms with Crippen LogP contribution >= 0.6 is 0 Å². The van der Waals surface area contributed by atoms with Crippen LogP contribution in [0.1, 0.15) is 32.3 Å². The van der Waals surface area contributed by atoms with Crippen LogP contribution in [0.25, 0.3) is 55.6 Å². The van der Waals surface area contributed by atoms with Crippen LogP contribution in [0.2, 0.25) is 17.3 Å². The summed E-state index contributed by atoms with van der Waals surface area (Å²) in [7, 11) is 0. The Labute approximate surface area is 295 Å². The Bertz CT molecular complexity index is 2060. The van der Waals surface area contributed by atoms with Crippen LogP contribution < -0.4 is 4.40 Å². The van der Waals surface area contributed by atoms with E-state index in [4.69, 9.17) is 4.42 Å². The minimum atomic E-state index is -1.72. The third kappa shape index (κ3) is 8.01. The maximum atomic E-state index is 6.14. The van der Waals surface area contributed by atoms with Gasteiger partial charge in [0.2, 0.25) is 0 Å². The van der Waals surface area contributed by atoms with Gasteiger partial charge in [0.25, 0.3) is 0 Å². The van der Waals surface area contributed by atoms with Gasteiger partial charge in [-0.25, -0.2) is 0 Å². The number of pyridine rings is 2. The molecule has 1 atom stereocenters. The number of furan rings is 1. The van der Waals surface area contributed by atoms with Gasteiger partial charge in [0.05, 0.1) is 5.58 Å². The smallest absolute Gasteiger partial charge is 0 e. The molecule has 1 radical (unpaired) electrons. The molecule has 0 N–H and O–H groups in total. The number of aromatic nitrogens is 2. The van der Waals surface area contributed by atoms with Crippen molar-refractivity contribution in [3.8, 4) is 33.6 Å². The summed E-state index contributed by atoms with van der Waals surface area (Å²) in [4.78, 5) is 9.12. The van der Waals surface area contributed by atoms with Crippen LogP contribution in [0.15, 0.2) is 126 Å². The minimum Gasteiger partial charge on any atom is 0 e. The summed E-state index contributed by atoms with van der Waals surface area (Å²) >= 11 is -1.72. The first-order chi connectivity index (χ1) is 22.2. The third-order valence-corrected chi connectivity index (χ3v) is 13.0. The van der Waals surface area contributed by atoms with Crippen LogP contribution in [-0.2, 0) is 20.1 Å². The normalized spacial score (nSPS) is 12.0.